The Hall–Kier alpha value is -1.10. The Morgan fingerprint density at radius 1 is 1.41 bits per heavy atom. The summed E-state index contributed by atoms with van der Waals surface area (Å²) < 4.78 is 0. The van der Waals surface area contributed by atoms with Gasteiger partial charge in [0.15, 0.2) is 0 Å². The first-order valence-corrected chi connectivity index (χ1v) is 7.89. The lowest BCUT2D eigenvalue weighted by atomic mass is 10.0. The predicted octanol–water partition coefficient (Wildman–Crippen LogP) is 2.52. The van der Waals surface area contributed by atoms with Crippen molar-refractivity contribution in [2.45, 2.75) is 44.2 Å². The number of nitrogens with one attached hydrogen (secondary N) is 1. The van der Waals surface area contributed by atoms with Crippen LogP contribution in [0.1, 0.15) is 43.8 Å². The van der Waals surface area contributed by atoms with Gasteiger partial charge in [-0.25, -0.2) is 0 Å². The molecule has 1 aliphatic rings. The molecule has 0 aliphatic carbocycles. The van der Waals surface area contributed by atoms with Crippen LogP contribution >= 0.6 is 12.4 Å². The number of rotatable bonds is 7. The molecule has 0 bridgehead atoms. The zero-order valence-corrected chi connectivity index (χ0v) is 14.0. The van der Waals surface area contributed by atoms with Crippen LogP contribution < -0.4 is 5.32 Å². The summed E-state index contributed by atoms with van der Waals surface area (Å²) in [5.74, 6) is 0.230. The van der Waals surface area contributed by atoms with Crippen LogP contribution in [0.25, 0.3) is 0 Å². The van der Waals surface area contributed by atoms with E-state index in [4.69, 9.17) is 0 Å². The fraction of sp³-hybridized carbons (Fsp3) is 0.588. The summed E-state index contributed by atoms with van der Waals surface area (Å²) in [7, 11) is 1.90. The highest BCUT2D eigenvalue weighted by atomic mass is 35.5. The quantitative estimate of drug-likeness (QED) is 0.757. The number of likely N-dealkylation sites (tertiary alicyclic amines) is 1. The maximum Gasteiger partial charge on any atom is 0.222 e. The molecule has 0 spiro atoms. The molecule has 2 N–H and O–H groups in total. The molecule has 5 heteroatoms. The number of hydrogen-bond donors (Lipinski definition) is 2. The third-order valence-corrected chi connectivity index (χ3v) is 4.19. The number of carbonyl (C=O) groups excluding carboxylic acids is 1. The molecule has 124 valence electrons. The van der Waals surface area contributed by atoms with Crippen LogP contribution in [0.2, 0.25) is 0 Å². The highest BCUT2D eigenvalue weighted by Gasteiger charge is 2.30. The number of aliphatic hydroxyl groups excluding tert-OH is 1. The van der Waals surface area contributed by atoms with Gasteiger partial charge in [-0.1, -0.05) is 30.3 Å². The molecule has 0 aromatic heterocycles. The smallest absolute Gasteiger partial charge is 0.222 e. The van der Waals surface area contributed by atoms with E-state index in [2.05, 4.69) is 5.32 Å². The number of amides is 1. The van der Waals surface area contributed by atoms with Crippen molar-refractivity contribution in [3.05, 3.63) is 35.9 Å². The normalized spacial score (nSPS) is 18.8. The Kier molecular flexibility index (Phi) is 8.46. The number of halogens is 1. The molecule has 1 heterocycles. The van der Waals surface area contributed by atoms with E-state index in [1.165, 1.54) is 0 Å². The lowest BCUT2D eigenvalue weighted by Gasteiger charge is -2.27. The number of carbonyl (C=O) groups is 1. The second-order valence-corrected chi connectivity index (χ2v) is 5.75. The molecule has 0 saturated carbocycles. The SMILES string of the molecule is CNCCCC(=O)N1CCCC1CC(O)c1ccccc1.Cl. The number of benzene rings is 1. The van der Waals surface area contributed by atoms with E-state index in [9.17, 15) is 9.90 Å². The van der Waals surface area contributed by atoms with Gasteiger partial charge in [0.25, 0.3) is 0 Å². The first-order valence-electron chi connectivity index (χ1n) is 7.89. The Bertz CT molecular complexity index is 442. The van der Waals surface area contributed by atoms with E-state index in [0.29, 0.717) is 12.8 Å². The molecule has 1 aromatic carbocycles. The Morgan fingerprint density at radius 2 is 2.14 bits per heavy atom. The molecule has 2 rings (SSSR count). The average molecular weight is 327 g/mol. The summed E-state index contributed by atoms with van der Waals surface area (Å²) in [6.45, 7) is 1.71. The predicted molar refractivity (Wildman–Crippen MR) is 91.2 cm³/mol. The van der Waals surface area contributed by atoms with E-state index in [0.717, 1.165) is 37.9 Å². The molecule has 2 unspecified atom stereocenters. The van der Waals surface area contributed by atoms with Gasteiger partial charge in [-0.05, 0) is 44.8 Å². The molecular weight excluding hydrogens is 300 g/mol. The Morgan fingerprint density at radius 3 is 2.82 bits per heavy atom. The number of hydrogen-bond acceptors (Lipinski definition) is 3. The van der Waals surface area contributed by atoms with E-state index >= 15 is 0 Å². The van der Waals surface area contributed by atoms with Gasteiger partial charge in [0.1, 0.15) is 0 Å². The third-order valence-electron chi connectivity index (χ3n) is 4.19. The van der Waals surface area contributed by atoms with Gasteiger partial charge < -0.3 is 15.3 Å². The van der Waals surface area contributed by atoms with Crippen LogP contribution in [0.15, 0.2) is 30.3 Å². The number of nitrogens with zero attached hydrogens (tertiary/aromatic N) is 1. The lowest BCUT2D eigenvalue weighted by Crippen LogP contribution is -2.36. The summed E-state index contributed by atoms with van der Waals surface area (Å²) in [5.41, 5.74) is 0.937. The molecule has 1 aliphatic heterocycles. The van der Waals surface area contributed by atoms with Crippen LogP contribution in [-0.2, 0) is 4.79 Å². The molecule has 2 atom stereocenters. The van der Waals surface area contributed by atoms with Gasteiger partial charge in [-0.3, -0.25) is 4.79 Å². The lowest BCUT2D eigenvalue weighted by molar-refractivity contribution is -0.132. The van der Waals surface area contributed by atoms with Crippen molar-refractivity contribution in [2.75, 3.05) is 20.1 Å². The maximum atomic E-state index is 12.3. The van der Waals surface area contributed by atoms with Crippen molar-refractivity contribution >= 4 is 18.3 Å². The maximum absolute atomic E-state index is 12.3. The Balaban J connectivity index is 0.00000242. The Labute approximate surface area is 139 Å². The minimum atomic E-state index is -0.484. The van der Waals surface area contributed by atoms with Crippen molar-refractivity contribution in [1.29, 1.82) is 0 Å². The van der Waals surface area contributed by atoms with Crippen molar-refractivity contribution in [3.63, 3.8) is 0 Å². The van der Waals surface area contributed by atoms with Crippen LogP contribution in [0.5, 0.6) is 0 Å². The highest BCUT2D eigenvalue weighted by Crippen LogP contribution is 2.27. The summed E-state index contributed by atoms with van der Waals surface area (Å²) >= 11 is 0. The van der Waals surface area contributed by atoms with E-state index in [1.54, 1.807) is 0 Å². The molecular formula is C17H27ClN2O2. The van der Waals surface area contributed by atoms with Crippen LogP contribution in [0.4, 0.5) is 0 Å². The van der Waals surface area contributed by atoms with Gasteiger partial charge in [0.2, 0.25) is 5.91 Å². The first-order chi connectivity index (χ1) is 10.2. The highest BCUT2D eigenvalue weighted by molar-refractivity contribution is 5.85. The molecule has 1 amide bonds. The average Bonchev–Trinajstić information content (AvgIpc) is 2.96. The summed E-state index contributed by atoms with van der Waals surface area (Å²) in [5, 5.41) is 13.4. The van der Waals surface area contributed by atoms with Gasteiger partial charge in [0.05, 0.1) is 6.10 Å². The molecule has 4 nitrogen and oxygen atoms in total. The first kappa shape index (κ1) is 18.9. The molecule has 1 fully saturated rings. The van der Waals surface area contributed by atoms with Crippen LogP contribution in [0, 0.1) is 0 Å². The zero-order valence-electron chi connectivity index (χ0n) is 13.2. The van der Waals surface area contributed by atoms with E-state index < -0.39 is 6.10 Å². The molecule has 1 saturated heterocycles. The fourth-order valence-corrected chi connectivity index (χ4v) is 3.04. The third kappa shape index (κ3) is 5.27. The molecule has 1 aromatic rings. The van der Waals surface area contributed by atoms with Gasteiger partial charge in [-0.15, -0.1) is 12.4 Å². The van der Waals surface area contributed by atoms with Gasteiger partial charge in [0, 0.05) is 19.0 Å². The van der Waals surface area contributed by atoms with Gasteiger partial charge in [-0.2, -0.15) is 0 Å². The minimum Gasteiger partial charge on any atom is -0.388 e. The summed E-state index contributed by atoms with van der Waals surface area (Å²) in [6, 6.07) is 9.89. The summed E-state index contributed by atoms with van der Waals surface area (Å²) in [6.07, 6.45) is 3.67. The monoisotopic (exact) mass is 326 g/mol. The van der Waals surface area contributed by atoms with Crippen LogP contribution in [-0.4, -0.2) is 42.1 Å². The van der Waals surface area contributed by atoms with Crippen molar-refractivity contribution in [2.24, 2.45) is 0 Å². The second kappa shape index (κ2) is 9.82. The van der Waals surface area contributed by atoms with Crippen molar-refractivity contribution in [3.8, 4) is 0 Å². The minimum absolute atomic E-state index is 0. The topological polar surface area (TPSA) is 52.6 Å². The van der Waals surface area contributed by atoms with E-state index in [-0.39, 0.29) is 24.4 Å². The molecule has 0 radical (unpaired) electrons. The standard InChI is InChI=1S/C17H26N2O2.ClH/c1-18-11-5-10-17(21)19-12-6-9-15(19)13-16(20)14-7-3-2-4-8-14;/h2-4,7-8,15-16,18,20H,5-6,9-13H2,1H3;1H. The van der Waals surface area contributed by atoms with Crippen molar-refractivity contribution < 1.29 is 9.90 Å². The second-order valence-electron chi connectivity index (χ2n) is 5.75. The van der Waals surface area contributed by atoms with E-state index in [1.807, 2.05) is 42.3 Å². The molecule has 22 heavy (non-hydrogen) atoms. The fourth-order valence-electron chi connectivity index (χ4n) is 3.04. The zero-order chi connectivity index (χ0) is 15.1. The number of aliphatic hydroxyl groups is 1. The summed E-state index contributed by atoms with van der Waals surface area (Å²) in [4.78, 5) is 14.2. The van der Waals surface area contributed by atoms with Crippen LogP contribution in [0.3, 0.4) is 0 Å². The largest absolute Gasteiger partial charge is 0.388 e. The van der Waals surface area contributed by atoms with Crippen molar-refractivity contribution in [1.82, 2.24) is 10.2 Å². The van der Waals surface area contributed by atoms with Gasteiger partial charge >= 0.3 is 0 Å².